The van der Waals surface area contributed by atoms with Crippen molar-refractivity contribution in [3.8, 4) is 5.75 Å². The minimum atomic E-state index is 0.752. The van der Waals surface area contributed by atoms with Gasteiger partial charge in [-0.05, 0) is 47.4 Å². The quantitative estimate of drug-likeness (QED) is 0.774. The highest BCUT2D eigenvalue weighted by Crippen LogP contribution is 2.22. The molecule has 0 spiro atoms. The van der Waals surface area contributed by atoms with E-state index in [-0.39, 0.29) is 0 Å². The van der Waals surface area contributed by atoms with Crippen LogP contribution in [0.15, 0.2) is 35.0 Å². The molecule has 0 amide bonds. The smallest absolute Gasteiger partial charge is 0.125 e. The molecule has 0 aliphatic heterocycles. The Bertz CT molecular complexity index is 426. The molecule has 0 fully saturated rings. The van der Waals surface area contributed by atoms with E-state index in [1.54, 1.807) is 11.3 Å². The first-order chi connectivity index (χ1) is 7.77. The summed E-state index contributed by atoms with van der Waals surface area (Å²) in [6.45, 7) is 4.93. The second-order valence-electron chi connectivity index (χ2n) is 3.95. The molecule has 1 aromatic heterocycles. The topological polar surface area (TPSA) is 9.23 Å². The van der Waals surface area contributed by atoms with Crippen LogP contribution >= 0.6 is 11.3 Å². The number of rotatable bonds is 4. The third kappa shape index (κ3) is 2.64. The Morgan fingerprint density at radius 2 is 1.88 bits per heavy atom. The summed E-state index contributed by atoms with van der Waals surface area (Å²) in [5.41, 5.74) is 3.78. The summed E-state index contributed by atoms with van der Waals surface area (Å²) in [5, 5.41) is 4.28. The Morgan fingerprint density at radius 1 is 1.12 bits per heavy atom. The Kier molecular flexibility index (Phi) is 3.62. The lowest BCUT2D eigenvalue weighted by atomic mass is 10.1. The predicted octanol–water partition coefficient (Wildman–Crippen LogP) is 3.99. The van der Waals surface area contributed by atoms with Crippen molar-refractivity contribution in [3.05, 3.63) is 51.7 Å². The van der Waals surface area contributed by atoms with Crippen LogP contribution in [-0.2, 0) is 6.42 Å². The van der Waals surface area contributed by atoms with E-state index in [1.165, 1.54) is 16.7 Å². The van der Waals surface area contributed by atoms with E-state index in [1.807, 2.05) is 0 Å². The molecule has 1 nitrogen and oxygen atoms in total. The standard InChI is InChI=1S/C14H16OS/c1-11-4-3-5-12(2)14(11)15-8-6-13-7-9-16-10-13/h3-5,7,9-10H,6,8H2,1-2H3. The molecular formula is C14H16OS. The second-order valence-corrected chi connectivity index (χ2v) is 4.73. The zero-order chi connectivity index (χ0) is 11.4. The Hall–Kier alpha value is -1.28. The van der Waals surface area contributed by atoms with Crippen molar-refractivity contribution in [2.24, 2.45) is 0 Å². The van der Waals surface area contributed by atoms with E-state index in [2.05, 4.69) is 48.9 Å². The van der Waals surface area contributed by atoms with E-state index < -0.39 is 0 Å². The van der Waals surface area contributed by atoms with Gasteiger partial charge >= 0.3 is 0 Å². The average Bonchev–Trinajstić information content (AvgIpc) is 2.75. The van der Waals surface area contributed by atoms with Crippen molar-refractivity contribution < 1.29 is 4.74 Å². The maximum Gasteiger partial charge on any atom is 0.125 e. The lowest BCUT2D eigenvalue weighted by Gasteiger charge is -2.11. The molecular weight excluding hydrogens is 216 g/mol. The van der Waals surface area contributed by atoms with Gasteiger partial charge in [0.2, 0.25) is 0 Å². The minimum Gasteiger partial charge on any atom is -0.493 e. The van der Waals surface area contributed by atoms with Crippen LogP contribution in [0.2, 0.25) is 0 Å². The monoisotopic (exact) mass is 232 g/mol. The predicted molar refractivity (Wildman–Crippen MR) is 69.4 cm³/mol. The van der Waals surface area contributed by atoms with Crippen LogP contribution < -0.4 is 4.74 Å². The second kappa shape index (κ2) is 5.17. The molecule has 0 aliphatic rings. The van der Waals surface area contributed by atoms with E-state index >= 15 is 0 Å². The zero-order valence-corrected chi connectivity index (χ0v) is 10.5. The molecule has 16 heavy (non-hydrogen) atoms. The molecule has 0 atom stereocenters. The van der Waals surface area contributed by atoms with E-state index in [0.29, 0.717) is 0 Å². The van der Waals surface area contributed by atoms with Gasteiger partial charge in [-0.1, -0.05) is 18.2 Å². The SMILES string of the molecule is Cc1cccc(C)c1OCCc1ccsc1. The van der Waals surface area contributed by atoms with Crippen molar-refractivity contribution in [2.45, 2.75) is 20.3 Å². The molecule has 1 heterocycles. The average molecular weight is 232 g/mol. The summed E-state index contributed by atoms with van der Waals surface area (Å²) in [6.07, 6.45) is 0.983. The summed E-state index contributed by atoms with van der Waals surface area (Å²) in [6, 6.07) is 8.40. The van der Waals surface area contributed by atoms with Gasteiger partial charge in [0.15, 0.2) is 0 Å². The highest BCUT2D eigenvalue weighted by molar-refractivity contribution is 7.07. The summed E-state index contributed by atoms with van der Waals surface area (Å²) < 4.78 is 5.85. The highest BCUT2D eigenvalue weighted by atomic mass is 32.1. The molecule has 0 aliphatic carbocycles. The van der Waals surface area contributed by atoms with Gasteiger partial charge in [-0.3, -0.25) is 0 Å². The van der Waals surface area contributed by atoms with Crippen LogP contribution in [0.25, 0.3) is 0 Å². The lowest BCUT2D eigenvalue weighted by Crippen LogP contribution is -2.03. The fourth-order valence-corrected chi connectivity index (χ4v) is 2.44. The Labute approximate surface area is 101 Å². The molecule has 0 saturated heterocycles. The molecule has 0 bridgehead atoms. The molecule has 2 rings (SSSR count). The minimum absolute atomic E-state index is 0.752. The maximum atomic E-state index is 5.85. The van der Waals surface area contributed by atoms with Gasteiger partial charge in [-0.15, -0.1) is 0 Å². The fraction of sp³-hybridized carbons (Fsp3) is 0.286. The number of benzene rings is 1. The van der Waals surface area contributed by atoms with Gasteiger partial charge < -0.3 is 4.74 Å². The molecule has 0 saturated carbocycles. The summed E-state index contributed by atoms with van der Waals surface area (Å²) >= 11 is 1.74. The maximum absolute atomic E-state index is 5.85. The first kappa shape index (κ1) is 11.2. The molecule has 0 unspecified atom stereocenters. The van der Waals surface area contributed by atoms with Crippen LogP contribution in [0.4, 0.5) is 0 Å². The number of para-hydroxylation sites is 1. The first-order valence-electron chi connectivity index (χ1n) is 5.47. The number of hydrogen-bond donors (Lipinski definition) is 0. The van der Waals surface area contributed by atoms with Crippen LogP contribution in [0, 0.1) is 13.8 Å². The normalized spacial score (nSPS) is 10.4. The molecule has 1 aromatic carbocycles. The molecule has 2 aromatic rings. The number of hydrogen-bond acceptors (Lipinski definition) is 2. The molecule has 0 N–H and O–H groups in total. The molecule has 2 heteroatoms. The third-order valence-electron chi connectivity index (χ3n) is 2.63. The molecule has 0 radical (unpaired) electrons. The fourth-order valence-electron chi connectivity index (χ4n) is 1.73. The van der Waals surface area contributed by atoms with Crippen molar-refractivity contribution in [1.82, 2.24) is 0 Å². The van der Waals surface area contributed by atoms with Crippen LogP contribution in [0.1, 0.15) is 16.7 Å². The van der Waals surface area contributed by atoms with Gasteiger partial charge in [0.25, 0.3) is 0 Å². The number of aryl methyl sites for hydroxylation is 2. The lowest BCUT2D eigenvalue weighted by molar-refractivity contribution is 0.318. The Morgan fingerprint density at radius 3 is 2.50 bits per heavy atom. The summed E-state index contributed by atoms with van der Waals surface area (Å²) in [7, 11) is 0. The summed E-state index contributed by atoms with van der Waals surface area (Å²) in [5.74, 6) is 1.04. The van der Waals surface area contributed by atoms with E-state index in [4.69, 9.17) is 4.74 Å². The zero-order valence-electron chi connectivity index (χ0n) is 9.69. The van der Waals surface area contributed by atoms with Crippen molar-refractivity contribution in [2.75, 3.05) is 6.61 Å². The van der Waals surface area contributed by atoms with Crippen LogP contribution in [0.5, 0.6) is 5.75 Å². The van der Waals surface area contributed by atoms with Crippen molar-refractivity contribution in [3.63, 3.8) is 0 Å². The van der Waals surface area contributed by atoms with Crippen molar-refractivity contribution in [1.29, 1.82) is 0 Å². The highest BCUT2D eigenvalue weighted by Gasteiger charge is 2.02. The largest absolute Gasteiger partial charge is 0.493 e. The van der Waals surface area contributed by atoms with Gasteiger partial charge in [-0.25, -0.2) is 0 Å². The third-order valence-corrected chi connectivity index (χ3v) is 3.36. The number of ether oxygens (including phenoxy) is 1. The Balaban J connectivity index is 1.95. The first-order valence-corrected chi connectivity index (χ1v) is 6.42. The van der Waals surface area contributed by atoms with E-state index in [0.717, 1.165) is 18.8 Å². The van der Waals surface area contributed by atoms with Gasteiger partial charge in [-0.2, -0.15) is 11.3 Å². The van der Waals surface area contributed by atoms with Gasteiger partial charge in [0.05, 0.1) is 6.61 Å². The molecule has 84 valence electrons. The number of thiophene rings is 1. The van der Waals surface area contributed by atoms with Crippen LogP contribution in [0.3, 0.4) is 0 Å². The van der Waals surface area contributed by atoms with Gasteiger partial charge in [0, 0.05) is 6.42 Å². The van der Waals surface area contributed by atoms with Crippen molar-refractivity contribution >= 4 is 11.3 Å². The van der Waals surface area contributed by atoms with Gasteiger partial charge in [0.1, 0.15) is 5.75 Å². The van der Waals surface area contributed by atoms with Crippen LogP contribution in [-0.4, -0.2) is 6.61 Å². The van der Waals surface area contributed by atoms with E-state index in [9.17, 15) is 0 Å². The summed E-state index contributed by atoms with van der Waals surface area (Å²) in [4.78, 5) is 0.